The third-order valence-corrected chi connectivity index (χ3v) is 7.51. The van der Waals surface area contributed by atoms with Crippen LogP contribution in [0.2, 0.25) is 0 Å². The summed E-state index contributed by atoms with van der Waals surface area (Å²) in [5.41, 5.74) is 13.0. The Morgan fingerprint density at radius 1 is 1.07 bits per heavy atom. The zero-order valence-corrected chi connectivity index (χ0v) is 23.5. The van der Waals surface area contributed by atoms with Crippen molar-refractivity contribution in [3.8, 4) is 28.7 Å². The number of carbonyl (C=O) groups excluding carboxylic acids is 1. The average molecular weight is 623 g/mol. The van der Waals surface area contributed by atoms with Crippen LogP contribution in [0.3, 0.4) is 0 Å². The number of hydrogen-bond donors (Lipinski definition) is 7. The van der Waals surface area contributed by atoms with Crippen LogP contribution in [0, 0.1) is 0 Å². The number of carboxylic acids is 1. The van der Waals surface area contributed by atoms with Crippen LogP contribution in [0.15, 0.2) is 30.3 Å². The molecule has 8 atom stereocenters. The number of aliphatic hydroxyl groups is 4. The van der Waals surface area contributed by atoms with Gasteiger partial charge in [0.2, 0.25) is 12.0 Å². The van der Waals surface area contributed by atoms with Crippen LogP contribution in [0.5, 0.6) is 28.7 Å². The summed E-state index contributed by atoms with van der Waals surface area (Å²) in [7, 11) is 1.50. The average Bonchev–Trinajstić information content (AvgIpc) is 3.37. The second-order valence-electron chi connectivity index (χ2n) is 10.4. The zero-order valence-electron chi connectivity index (χ0n) is 23.5. The first-order valence-corrected chi connectivity index (χ1v) is 13.7. The molecule has 2 aromatic carbocycles. The van der Waals surface area contributed by atoms with Crippen molar-refractivity contribution < 1.29 is 68.3 Å². The number of carbonyl (C=O) groups is 2. The number of hydrogen-bond acceptors (Lipinski definition) is 15. The van der Waals surface area contributed by atoms with E-state index in [0.717, 1.165) is 5.56 Å². The number of ether oxygens (including phenoxy) is 7. The molecule has 0 aromatic heterocycles. The van der Waals surface area contributed by atoms with E-state index in [-0.39, 0.29) is 31.5 Å². The molecule has 44 heavy (non-hydrogen) atoms. The first kappa shape index (κ1) is 31.5. The number of aliphatic carboxylic acids is 1. The van der Waals surface area contributed by atoms with Gasteiger partial charge in [0.15, 0.2) is 17.6 Å². The van der Waals surface area contributed by atoms with E-state index < -0.39 is 67.4 Å². The molecule has 240 valence electrons. The molecule has 1 fully saturated rings. The molecular weight excluding hydrogens is 588 g/mol. The largest absolute Gasteiger partial charge is 0.493 e. The van der Waals surface area contributed by atoms with E-state index in [2.05, 4.69) is 0 Å². The summed E-state index contributed by atoms with van der Waals surface area (Å²) in [6.07, 6.45) is -13.1. The maximum atomic E-state index is 12.0. The lowest BCUT2D eigenvalue weighted by Gasteiger charge is -2.43. The first-order chi connectivity index (χ1) is 21.0. The summed E-state index contributed by atoms with van der Waals surface area (Å²) in [5.74, 6) is -0.979. The van der Waals surface area contributed by atoms with Gasteiger partial charge in [-0.2, -0.15) is 0 Å². The van der Waals surface area contributed by atoms with Gasteiger partial charge in [0.05, 0.1) is 32.4 Å². The summed E-state index contributed by atoms with van der Waals surface area (Å²) in [4.78, 5) is 22.9. The van der Waals surface area contributed by atoms with Crippen LogP contribution in [0.25, 0.3) is 0 Å². The fourth-order valence-corrected chi connectivity index (χ4v) is 5.43. The molecule has 3 aliphatic rings. The van der Waals surface area contributed by atoms with Gasteiger partial charge >= 0.3 is 11.9 Å². The van der Waals surface area contributed by atoms with Gasteiger partial charge in [-0.15, -0.1) is 0 Å². The molecule has 0 radical (unpaired) electrons. The van der Waals surface area contributed by atoms with E-state index in [4.69, 9.17) is 49.7 Å². The Kier molecular flexibility index (Phi) is 9.31. The number of carboxylic acid groups (broad SMARTS) is 1. The number of fused-ring (bicyclic) bond motifs is 5. The van der Waals surface area contributed by atoms with E-state index >= 15 is 0 Å². The van der Waals surface area contributed by atoms with E-state index in [0.29, 0.717) is 28.6 Å². The Labute approximate surface area is 250 Å². The Hall–Kier alpha value is -3.90. The van der Waals surface area contributed by atoms with Crippen LogP contribution in [0.4, 0.5) is 0 Å². The number of benzene rings is 2. The maximum Gasteiger partial charge on any atom is 0.317 e. The molecule has 16 nitrogen and oxygen atoms in total. The fourth-order valence-electron chi connectivity index (χ4n) is 5.43. The highest BCUT2D eigenvalue weighted by Gasteiger charge is 2.50. The molecule has 3 aliphatic heterocycles. The molecule has 0 saturated carbocycles. The predicted octanol–water partition coefficient (Wildman–Crippen LogP) is -1.51. The molecule has 16 heteroatoms. The first-order valence-electron chi connectivity index (χ1n) is 13.7. The summed E-state index contributed by atoms with van der Waals surface area (Å²) < 4.78 is 40.0. The molecule has 9 N–H and O–H groups in total. The highest BCUT2D eigenvalue weighted by Crippen LogP contribution is 2.56. The van der Waals surface area contributed by atoms with E-state index in [9.17, 15) is 30.0 Å². The van der Waals surface area contributed by atoms with Crippen molar-refractivity contribution in [2.75, 3.05) is 26.9 Å². The van der Waals surface area contributed by atoms with Crippen molar-refractivity contribution in [1.82, 2.24) is 0 Å². The Balaban J connectivity index is 1.34. The fraction of sp³-hybridized carbons (Fsp3) is 0.500. The van der Waals surface area contributed by atoms with Crippen molar-refractivity contribution in [1.29, 1.82) is 0 Å². The van der Waals surface area contributed by atoms with E-state index in [1.807, 2.05) is 6.07 Å². The number of aliphatic hydroxyl groups excluding tert-OH is 4. The molecular formula is C28H34N2O14. The van der Waals surface area contributed by atoms with Crippen LogP contribution in [-0.4, -0.2) is 107 Å². The zero-order chi connectivity index (χ0) is 31.7. The normalized spacial score (nSPS) is 27.6. The summed E-state index contributed by atoms with van der Waals surface area (Å²) in [6, 6.07) is 8.41. The van der Waals surface area contributed by atoms with Crippen molar-refractivity contribution in [2.45, 2.75) is 61.4 Å². The molecule has 1 saturated heterocycles. The second-order valence-corrected chi connectivity index (χ2v) is 10.4. The number of esters is 1. The third kappa shape index (κ3) is 6.05. The third-order valence-electron chi connectivity index (χ3n) is 7.51. The van der Waals surface area contributed by atoms with Gasteiger partial charge in [0, 0.05) is 17.2 Å². The number of rotatable bonds is 11. The Morgan fingerprint density at radius 3 is 2.50 bits per heavy atom. The van der Waals surface area contributed by atoms with Crippen molar-refractivity contribution in [3.05, 3.63) is 41.5 Å². The van der Waals surface area contributed by atoms with Gasteiger partial charge in [-0.1, -0.05) is 6.07 Å². The molecule has 5 rings (SSSR count). The topological polar surface area (TPSA) is 252 Å². The van der Waals surface area contributed by atoms with Crippen LogP contribution < -0.4 is 35.2 Å². The van der Waals surface area contributed by atoms with Gasteiger partial charge in [0.1, 0.15) is 55.0 Å². The summed E-state index contributed by atoms with van der Waals surface area (Å²) >= 11 is 0. The van der Waals surface area contributed by atoms with Gasteiger partial charge in [-0.05, 0) is 18.2 Å². The van der Waals surface area contributed by atoms with Crippen LogP contribution >= 0.6 is 0 Å². The van der Waals surface area contributed by atoms with Crippen LogP contribution in [0.1, 0.15) is 29.6 Å². The van der Waals surface area contributed by atoms with E-state index in [1.54, 1.807) is 18.2 Å². The SMILES string of the molecule is COc1ccc2c(c1OCCO)O[C@H]1c3ccc(O[C@@H]4O[C@H]([C@H](OC(=O)CC(=O)O)C(N)N)[C@@H](O)[C@H](O)[C@H]4O)cc3OC[C@@H]21. The number of methoxy groups -OCH3 is 1. The molecule has 0 unspecified atom stereocenters. The van der Waals surface area contributed by atoms with Gasteiger partial charge in [0.25, 0.3) is 0 Å². The smallest absolute Gasteiger partial charge is 0.317 e. The van der Waals surface area contributed by atoms with Crippen molar-refractivity contribution in [3.63, 3.8) is 0 Å². The minimum atomic E-state index is -1.84. The summed E-state index contributed by atoms with van der Waals surface area (Å²) in [6.45, 7) is 0.0942. The van der Waals surface area contributed by atoms with Crippen molar-refractivity contribution in [2.24, 2.45) is 11.5 Å². The van der Waals surface area contributed by atoms with Gasteiger partial charge < -0.3 is 70.2 Å². The molecule has 3 heterocycles. The molecule has 0 bridgehead atoms. The molecule has 0 aliphatic carbocycles. The molecule has 2 aromatic rings. The summed E-state index contributed by atoms with van der Waals surface area (Å²) in [5, 5.41) is 49.8. The standard InChI is InChI=1S/C28H34N2O14/c1-38-15-5-4-12-14-10-40-16-8-11(2-3-13(16)22(14)43-23(12)24(15)39-7-6-31)41-28-21(37)19(35)20(36)25(44-28)26(27(29)30)42-18(34)9-17(32)33/h2-5,8,14,19-22,25-28,31,35-37H,6-7,9-10,29-30H2,1H3,(H,32,33)/t14-,19-,20-,21+,22-,25-,26-,28+/m0/s1. The minimum Gasteiger partial charge on any atom is -0.493 e. The quantitative estimate of drug-likeness (QED) is 0.0854. The molecule has 0 spiro atoms. The maximum absolute atomic E-state index is 12.0. The Morgan fingerprint density at radius 2 is 1.82 bits per heavy atom. The van der Waals surface area contributed by atoms with Gasteiger partial charge in [-0.25, -0.2) is 0 Å². The predicted molar refractivity (Wildman–Crippen MR) is 145 cm³/mol. The monoisotopic (exact) mass is 622 g/mol. The lowest BCUT2D eigenvalue weighted by molar-refractivity contribution is -0.291. The molecule has 0 amide bonds. The highest BCUT2D eigenvalue weighted by molar-refractivity contribution is 5.90. The Bertz CT molecular complexity index is 1370. The van der Waals surface area contributed by atoms with E-state index in [1.165, 1.54) is 13.2 Å². The lowest BCUT2D eigenvalue weighted by atomic mass is 9.89. The second kappa shape index (κ2) is 13.0. The lowest BCUT2D eigenvalue weighted by Crippen LogP contribution is -2.66. The highest BCUT2D eigenvalue weighted by atomic mass is 16.7. The van der Waals surface area contributed by atoms with Crippen LogP contribution in [-0.2, 0) is 19.1 Å². The van der Waals surface area contributed by atoms with Crippen molar-refractivity contribution >= 4 is 11.9 Å². The number of nitrogens with two attached hydrogens (primary N) is 2. The van der Waals surface area contributed by atoms with Gasteiger partial charge in [-0.3, -0.25) is 9.59 Å². The minimum absolute atomic E-state index is 0.0453.